The Morgan fingerprint density at radius 1 is 1.36 bits per heavy atom. The van der Waals surface area contributed by atoms with E-state index in [1.807, 2.05) is 25.3 Å². The average molecular weight is 325 g/mol. The van der Waals surface area contributed by atoms with Crippen LogP contribution in [0.5, 0.6) is 0 Å². The maximum absolute atomic E-state index is 11.9. The van der Waals surface area contributed by atoms with E-state index in [0.717, 1.165) is 18.7 Å². The SMILES string of the molecule is CC(C)(C)NC(=O)CSc1nnc(C2CC2)n1CCC(N)=O. The lowest BCUT2D eigenvalue weighted by Gasteiger charge is -2.20. The fourth-order valence-electron chi connectivity index (χ4n) is 2.07. The molecule has 2 rings (SSSR count). The molecule has 0 atom stereocenters. The second kappa shape index (κ2) is 6.68. The summed E-state index contributed by atoms with van der Waals surface area (Å²) in [5, 5.41) is 12.0. The van der Waals surface area contributed by atoms with Crippen molar-refractivity contribution in [3.63, 3.8) is 0 Å². The summed E-state index contributed by atoms with van der Waals surface area (Å²) in [5.41, 5.74) is 4.97. The van der Waals surface area contributed by atoms with Crippen molar-refractivity contribution in [2.45, 2.75) is 63.2 Å². The summed E-state index contributed by atoms with van der Waals surface area (Å²) in [6.07, 6.45) is 2.45. The fourth-order valence-corrected chi connectivity index (χ4v) is 2.84. The van der Waals surface area contributed by atoms with Gasteiger partial charge in [0.2, 0.25) is 11.8 Å². The zero-order valence-corrected chi connectivity index (χ0v) is 14.1. The highest BCUT2D eigenvalue weighted by atomic mass is 32.2. The molecule has 122 valence electrons. The molecule has 1 aromatic rings. The van der Waals surface area contributed by atoms with Gasteiger partial charge in [0, 0.05) is 24.4 Å². The highest BCUT2D eigenvalue weighted by Crippen LogP contribution is 2.40. The first-order valence-corrected chi connectivity index (χ1v) is 8.40. The number of nitrogens with one attached hydrogen (secondary N) is 1. The van der Waals surface area contributed by atoms with Crippen LogP contribution in [0.25, 0.3) is 0 Å². The third kappa shape index (κ3) is 5.01. The molecule has 0 radical (unpaired) electrons. The molecule has 1 fully saturated rings. The summed E-state index contributed by atoms with van der Waals surface area (Å²) < 4.78 is 1.93. The Kier molecular flexibility index (Phi) is 5.10. The number of primary amides is 1. The van der Waals surface area contributed by atoms with Crippen molar-refractivity contribution >= 4 is 23.6 Å². The molecule has 0 saturated heterocycles. The lowest BCUT2D eigenvalue weighted by atomic mass is 10.1. The smallest absolute Gasteiger partial charge is 0.230 e. The number of carbonyl (C=O) groups is 2. The predicted octanol–water partition coefficient (Wildman–Crippen LogP) is 1.04. The lowest BCUT2D eigenvalue weighted by molar-refractivity contribution is -0.120. The average Bonchev–Trinajstić information content (AvgIpc) is 3.13. The molecule has 8 heteroatoms. The van der Waals surface area contributed by atoms with Crippen LogP contribution in [0.4, 0.5) is 0 Å². The van der Waals surface area contributed by atoms with E-state index in [1.165, 1.54) is 11.8 Å². The van der Waals surface area contributed by atoms with Crippen LogP contribution in [0.1, 0.15) is 51.8 Å². The second-order valence-electron chi connectivity index (χ2n) is 6.57. The van der Waals surface area contributed by atoms with Crippen molar-refractivity contribution in [3.05, 3.63) is 5.82 Å². The molecular weight excluding hydrogens is 302 g/mol. The van der Waals surface area contributed by atoms with Crippen LogP contribution in [0.3, 0.4) is 0 Å². The first-order valence-electron chi connectivity index (χ1n) is 7.41. The molecule has 1 saturated carbocycles. The highest BCUT2D eigenvalue weighted by Gasteiger charge is 2.30. The Hall–Kier alpha value is -1.57. The quantitative estimate of drug-likeness (QED) is 0.729. The van der Waals surface area contributed by atoms with Crippen molar-refractivity contribution in [2.75, 3.05) is 5.75 Å². The van der Waals surface area contributed by atoms with E-state index in [9.17, 15) is 9.59 Å². The topological polar surface area (TPSA) is 103 Å². The van der Waals surface area contributed by atoms with Gasteiger partial charge >= 0.3 is 0 Å². The molecule has 7 nitrogen and oxygen atoms in total. The Balaban J connectivity index is 2.00. The van der Waals surface area contributed by atoms with E-state index in [0.29, 0.717) is 17.6 Å². The third-order valence-electron chi connectivity index (χ3n) is 3.12. The molecule has 1 aliphatic carbocycles. The van der Waals surface area contributed by atoms with E-state index in [4.69, 9.17) is 5.73 Å². The van der Waals surface area contributed by atoms with Gasteiger partial charge in [-0.15, -0.1) is 10.2 Å². The first kappa shape index (κ1) is 16.8. The summed E-state index contributed by atoms with van der Waals surface area (Å²) in [5.74, 6) is 1.21. The van der Waals surface area contributed by atoms with E-state index < -0.39 is 0 Å². The Labute approximate surface area is 134 Å². The number of hydrogen-bond acceptors (Lipinski definition) is 5. The second-order valence-corrected chi connectivity index (χ2v) is 7.51. The normalized spacial score (nSPS) is 14.9. The van der Waals surface area contributed by atoms with Crippen LogP contribution in [-0.4, -0.2) is 37.9 Å². The van der Waals surface area contributed by atoms with Crippen molar-refractivity contribution in [3.8, 4) is 0 Å². The van der Waals surface area contributed by atoms with Crippen LogP contribution in [0.2, 0.25) is 0 Å². The largest absolute Gasteiger partial charge is 0.370 e. The van der Waals surface area contributed by atoms with Gasteiger partial charge in [-0.25, -0.2) is 0 Å². The molecule has 22 heavy (non-hydrogen) atoms. The third-order valence-corrected chi connectivity index (χ3v) is 4.08. The summed E-state index contributed by atoms with van der Waals surface area (Å²) in [4.78, 5) is 22.9. The van der Waals surface area contributed by atoms with Crippen LogP contribution >= 0.6 is 11.8 Å². The van der Waals surface area contributed by atoms with Gasteiger partial charge in [0.25, 0.3) is 0 Å². The molecule has 2 amide bonds. The summed E-state index contributed by atoms with van der Waals surface area (Å²) >= 11 is 1.34. The lowest BCUT2D eigenvalue weighted by Crippen LogP contribution is -2.41. The minimum Gasteiger partial charge on any atom is -0.370 e. The summed E-state index contributed by atoms with van der Waals surface area (Å²) in [6, 6.07) is 0. The summed E-state index contributed by atoms with van der Waals surface area (Å²) in [6.45, 7) is 6.29. The van der Waals surface area contributed by atoms with Crippen molar-refractivity contribution in [2.24, 2.45) is 5.73 Å². The van der Waals surface area contributed by atoms with Crippen molar-refractivity contribution in [1.29, 1.82) is 0 Å². The van der Waals surface area contributed by atoms with Gasteiger partial charge in [0.15, 0.2) is 5.16 Å². The summed E-state index contributed by atoms with van der Waals surface area (Å²) in [7, 11) is 0. The molecule has 0 aromatic carbocycles. The number of rotatable bonds is 7. The standard InChI is InChI=1S/C14H23N5O2S/c1-14(2,3)16-11(21)8-22-13-18-17-12(9-4-5-9)19(13)7-6-10(15)20/h9H,4-8H2,1-3H3,(H2,15,20)(H,16,21). The molecule has 1 aromatic heterocycles. The van der Waals surface area contributed by atoms with Crippen LogP contribution in [0.15, 0.2) is 5.16 Å². The van der Waals surface area contributed by atoms with Crippen LogP contribution in [-0.2, 0) is 16.1 Å². The number of nitrogens with zero attached hydrogens (tertiary/aromatic N) is 3. The van der Waals surface area contributed by atoms with Gasteiger partial charge < -0.3 is 15.6 Å². The number of nitrogens with two attached hydrogens (primary N) is 1. The Morgan fingerprint density at radius 2 is 2.05 bits per heavy atom. The van der Waals surface area contributed by atoms with E-state index in [-0.39, 0.29) is 29.5 Å². The molecular formula is C14H23N5O2S. The van der Waals surface area contributed by atoms with E-state index in [2.05, 4.69) is 15.5 Å². The fraction of sp³-hybridized carbons (Fsp3) is 0.714. The Morgan fingerprint density at radius 3 is 2.59 bits per heavy atom. The molecule has 0 bridgehead atoms. The van der Waals surface area contributed by atoms with Gasteiger partial charge in [0.1, 0.15) is 5.82 Å². The predicted molar refractivity (Wildman–Crippen MR) is 84.4 cm³/mol. The van der Waals surface area contributed by atoms with Gasteiger partial charge in [0.05, 0.1) is 5.75 Å². The van der Waals surface area contributed by atoms with Crippen molar-refractivity contribution < 1.29 is 9.59 Å². The maximum Gasteiger partial charge on any atom is 0.230 e. The van der Waals surface area contributed by atoms with Gasteiger partial charge in [-0.3, -0.25) is 9.59 Å². The van der Waals surface area contributed by atoms with Crippen LogP contribution < -0.4 is 11.1 Å². The van der Waals surface area contributed by atoms with E-state index in [1.54, 1.807) is 0 Å². The van der Waals surface area contributed by atoms with Crippen LogP contribution in [0, 0.1) is 0 Å². The molecule has 0 aliphatic heterocycles. The van der Waals surface area contributed by atoms with Crippen molar-refractivity contribution in [1.82, 2.24) is 20.1 Å². The number of aromatic nitrogens is 3. The van der Waals surface area contributed by atoms with Gasteiger partial charge in [-0.05, 0) is 33.6 Å². The maximum atomic E-state index is 11.9. The number of thioether (sulfide) groups is 1. The Bertz CT molecular complexity index is 560. The monoisotopic (exact) mass is 325 g/mol. The molecule has 0 unspecified atom stereocenters. The highest BCUT2D eigenvalue weighted by molar-refractivity contribution is 7.99. The zero-order chi connectivity index (χ0) is 16.3. The molecule has 0 spiro atoms. The van der Waals surface area contributed by atoms with E-state index >= 15 is 0 Å². The minimum absolute atomic E-state index is 0.0464. The number of carbonyl (C=O) groups excluding carboxylic acids is 2. The number of hydrogen-bond donors (Lipinski definition) is 2. The minimum atomic E-state index is -0.350. The first-order chi connectivity index (χ1) is 10.3. The molecule has 3 N–H and O–H groups in total. The zero-order valence-electron chi connectivity index (χ0n) is 13.3. The molecule has 1 aliphatic rings. The molecule has 1 heterocycles. The number of amides is 2. The van der Waals surface area contributed by atoms with Gasteiger partial charge in [-0.1, -0.05) is 11.8 Å². The van der Waals surface area contributed by atoms with Gasteiger partial charge in [-0.2, -0.15) is 0 Å².